The largest absolute Gasteiger partial charge is 0.459 e. The number of nitrogens with one attached hydrogen (secondary N) is 2. The van der Waals surface area contributed by atoms with Crippen molar-refractivity contribution in [1.29, 1.82) is 0 Å². The van der Waals surface area contributed by atoms with E-state index < -0.39 is 0 Å². The van der Waals surface area contributed by atoms with Crippen molar-refractivity contribution in [3.05, 3.63) is 70.3 Å². The summed E-state index contributed by atoms with van der Waals surface area (Å²) >= 11 is 3.47. The summed E-state index contributed by atoms with van der Waals surface area (Å²) in [5.74, 6) is 1.62. The molecule has 0 saturated carbocycles. The van der Waals surface area contributed by atoms with Crippen molar-refractivity contribution in [1.82, 2.24) is 20.0 Å². The Hall–Kier alpha value is -2.07. The number of para-hydroxylation sites is 1. The third-order valence-corrected chi connectivity index (χ3v) is 4.95. The van der Waals surface area contributed by atoms with Crippen molar-refractivity contribution >= 4 is 62.5 Å². The predicted octanol–water partition coefficient (Wildman–Crippen LogP) is 4.63. The zero-order valence-corrected chi connectivity index (χ0v) is 19.5. The summed E-state index contributed by atoms with van der Waals surface area (Å²) in [6.07, 6.45) is 3.99. The van der Waals surface area contributed by atoms with E-state index in [1.165, 1.54) is 0 Å². The number of hydrogen-bond acceptors (Lipinski definition) is 3. The highest BCUT2D eigenvalue weighted by molar-refractivity contribution is 14.0. The lowest BCUT2D eigenvalue weighted by atomic mass is 10.1. The van der Waals surface area contributed by atoms with Crippen LogP contribution in [0.25, 0.3) is 16.6 Å². The molecular formula is C20H21BrIN5O. The molecule has 2 N–H and O–H groups in total. The van der Waals surface area contributed by atoms with E-state index in [4.69, 9.17) is 4.42 Å². The third-order valence-electron chi connectivity index (χ3n) is 4.48. The standard InChI is InChI=1S/C20H20BrN5O.HI/c1-13-16-5-3-4-6-17(16)27-18(13)10-24-20(22-2)23-9-15-12-26-11-14(21)7-8-19(26)25-15;/h3-8,11-12H,9-10H2,1-2H3,(H2,22,23,24);1H. The Labute approximate surface area is 188 Å². The number of aliphatic imine (C=N–C) groups is 1. The van der Waals surface area contributed by atoms with E-state index in [9.17, 15) is 0 Å². The number of furan rings is 1. The first-order chi connectivity index (χ1) is 13.1. The molecule has 3 aromatic heterocycles. The van der Waals surface area contributed by atoms with Gasteiger partial charge in [-0.15, -0.1) is 24.0 Å². The average Bonchev–Trinajstić information content (AvgIpc) is 3.22. The van der Waals surface area contributed by atoms with Gasteiger partial charge in [0.05, 0.1) is 18.8 Å². The number of halogens is 2. The summed E-state index contributed by atoms with van der Waals surface area (Å²) in [5, 5.41) is 7.74. The molecule has 146 valence electrons. The van der Waals surface area contributed by atoms with Gasteiger partial charge in [0.2, 0.25) is 0 Å². The number of nitrogens with zero attached hydrogens (tertiary/aromatic N) is 3. The van der Waals surface area contributed by atoms with Gasteiger partial charge in [-0.3, -0.25) is 4.99 Å². The maximum atomic E-state index is 5.94. The Bertz CT molecular complexity index is 1130. The Morgan fingerprint density at radius 2 is 1.93 bits per heavy atom. The molecule has 3 heterocycles. The molecule has 0 bridgehead atoms. The van der Waals surface area contributed by atoms with Crippen molar-refractivity contribution in [3.63, 3.8) is 0 Å². The Morgan fingerprint density at radius 3 is 2.71 bits per heavy atom. The van der Waals surface area contributed by atoms with Gasteiger partial charge >= 0.3 is 0 Å². The summed E-state index contributed by atoms with van der Waals surface area (Å²) < 4.78 is 8.96. The van der Waals surface area contributed by atoms with Crippen LogP contribution >= 0.6 is 39.9 Å². The van der Waals surface area contributed by atoms with E-state index >= 15 is 0 Å². The van der Waals surface area contributed by atoms with E-state index in [1.54, 1.807) is 7.05 Å². The van der Waals surface area contributed by atoms with Crippen LogP contribution in [0.5, 0.6) is 0 Å². The molecule has 28 heavy (non-hydrogen) atoms. The van der Waals surface area contributed by atoms with Crippen LogP contribution < -0.4 is 10.6 Å². The molecule has 0 aliphatic carbocycles. The van der Waals surface area contributed by atoms with Crippen molar-refractivity contribution in [3.8, 4) is 0 Å². The van der Waals surface area contributed by atoms with Crippen LogP contribution in [0.15, 0.2) is 62.7 Å². The van der Waals surface area contributed by atoms with E-state index in [0.717, 1.165) is 38.1 Å². The number of aryl methyl sites for hydroxylation is 1. The van der Waals surface area contributed by atoms with Gasteiger partial charge in [0.25, 0.3) is 0 Å². The number of rotatable bonds is 4. The number of benzene rings is 1. The zero-order chi connectivity index (χ0) is 18.8. The third kappa shape index (κ3) is 4.33. The van der Waals surface area contributed by atoms with Gasteiger partial charge in [-0.1, -0.05) is 18.2 Å². The van der Waals surface area contributed by atoms with Gasteiger partial charge in [0.1, 0.15) is 17.0 Å². The number of imidazole rings is 1. The van der Waals surface area contributed by atoms with E-state index in [0.29, 0.717) is 19.0 Å². The molecule has 0 aliphatic rings. The van der Waals surface area contributed by atoms with Crippen molar-refractivity contribution < 1.29 is 4.42 Å². The number of guanidine groups is 1. The van der Waals surface area contributed by atoms with Gasteiger partial charge in [-0.05, 0) is 41.1 Å². The van der Waals surface area contributed by atoms with E-state index in [1.807, 2.05) is 47.1 Å². The number of hydrogen-bond donors (Lipinski definition) is 2. The molecule has 0 saturated heterocycles. The molecule has 0 atom stereocenters. The fourth-order valence-corrected chi connectivity index (χ4v) is 3.41. The maximum Gasteiger partial charge on any atom is 0.191 e. The van der Waals surface area contributed by atoms with Crippen LogP contribution in [-0.2, 0) is 13.1 Å². The Kier molecular flexibility index (Phi) is 6.61. The fraction of sp³-hybridized carbons (Fsp3) is 0.200. The van der Waals surface area contributed by atoms with E-state index in [2.05, 4.69) is 49.5 Å². The minimum Gasteiger partial charge on any atom is -0.459 e. The minimum atomic E-state index is 0. The molecule has 0 aliphatic heterocycles. The molecule has 0 radical (unpaired) electrons. The second kappa shape index (κ2) is 8.95. The first kappa shape index (κ1) is 20.7. The van der Waals surface area contributed by atoms with Crippen LogP contribution in [0.3, 0.4) is 0 Å². The summed E-state index contributed by atoms with van der Waals surface area (Å²) in [6.45, 7) is 3.23. The smallest absolute Gasteiger partial charge is 0.191 e. The molecule has 8 heteroatoms. The highest BCUT2D eigenvalue weighted by atomic mass is 127. The second-order valence-corrected chi connectivity index (χ2v) is 7.19. The maximum absolute atomic E-state index is 5.94. The van der Waals surface area contributed by atoms with Crippen molar-refractivity contribution in [2.24, 2.45) is 4.99 Å². The van der Waals surface area contributed by atoms with Gasteiger partial charge in [0.15, 0.2) is 5.96 Å². The molecular weight excluding hydrogens is 533 g/mol. The summed E-state index contributed by atoms with van der Waals surface area (Å²) in [5.41, 5.74) is 3.91. The number of aromatic nitrogens is 2. The van der Waals surface area contributed by atoms with Crippen molar-refractivity contribution in [2.75, 3.05) is 7.05 Å². The monoisotopic (exact) mass is 553 g/mol. The fourth-order valence-electron chi connectivity index (χ4n) is 3.05. The highest BCUT2D eigenvalue weighted by Gasteiger charge is 2.10. The topological polar surface area (TPSA) is 66.9 Å². The molecule has 0 amide bonds. The van der Waals surface area contributed by atoms with E-state index in [-0.39, 0.29) is 24.0 Å². The summed E-state index contributed by atoms with van der Waals surface area (Å²) in [6, 6.07) is 12.0. The lowest BCUT2D eigenvalue weighted by molar-refractivity contribution is 0.534. The Morgan fingerprint density at radius 1 is 1.14 bits per heavy atom. The molecule has 1 aromatic carbocycles. The second-order valence-electron chi connectivity index (χ2n) is 6.27. The first-order valence-corrected chi connectivity index (χ1v) is 9.48. The van der Waals surface area contributed by atoms with Crippen LogP contribution in [0.2, 0.25) is 0 Å². The van der Waals surface area contributed by atoms with Gasteiger partial charge in [-0.2, -0.15) is 0 Å². The number of pyridine rings is 1. The molecule has 0 fully saturated rings. The number of fused-ring (bicyclic) bond motifs is 2. The van der Waals surface area contributed by atoms with Crippen LogP contribution in [0.1, 0.15) is 17.0 Å². The lowest BCUT2D eigenvalue weighted by Gasteiger charge is -2.10. The molecule has 0 unspecified atom stereocenters. The molecule has 4 rings (SSSR count). The molecule has 6 nitrogen and oxygen atoms in total. The quantitative estimate of drug-likeness (QED) is 0.220. The zero-order valence-electron chi connectivity index (χ0n) is 15.6. The lowest BCUT2D eigenvalue weighted by Crippen LogP contribution is -2.36. The first-order valence-electron chi connectivity index (χ1n) is 8.68. The predicted molar refractivity (Wildman–Crippen MR) is 126 cm³/mol. The van der Waals surface area contributed by atoms with Crippen LogP contribution in [0, 0.1) is 6.92 Å². The SMILES string of the molecule is CN=C(NCc1cn2cc(Br)ccc2n1)NCc1oc2ccccc2c1C.I. The molecule has 4 aromatic rings. The molecule has 0 spiro atoms. The van der Waals surface area contributed by atoms with Gasteiger partial charge in [0, 0.05) is 34.9 Å². The Balaban J connectivity index is 0.00000225. The highest BCUT2D eigenvalue weighted by Crippen LogP contribution is 2.24. The summed E-state index contributed by atoms with van der Waals surface area (Å²) in [7, 11) is 1.75. The summed E-state index contributed by atoms with van der Waals surface area (Å²) in [4.78, 5) is 8.88. The van der Waals surface area contributed by atoms with Crippen LogP contribution in [-0.4, -0.2) is 22.4 Å². The minimum absolute atomic E-state index is 0. The van der Waals surface area contributed by atoms with Crippen LogP contribution in [0.4, 0.5) is 0 Å². The van der Waals surface area contributed by atoms with Gasteiger partial charge < -0.3 is 19.5 Å². The average molecular weight is 554 g/mol. The van der Waals surface area contributed by atoms with Crippen molar-refractivity contribution in [2.45, 2.75) is 20.0 Å². The normalized spacial score (nSPS) is 11.6. The van der Waals surface area contributed by atoms with Gasteiger partial charge in [-0.25, -0.2) is 4.98 Å².